The molecule has 2 aliphatic heterocycles. The average Bonchev–Trinajstić information content (AvgIpc) is 1.53. The van der Waals surface area contributed by atoms with Crippen LogP contribution in [-0.2, 0) is 11.2 Å². The number of hydrogen-bond donors (Lipinski definition) is 0. The number of ether oxygens (including phenoxy) is 4. The van der Waals surface area contributed by atoms with E-state index in [9.17, 15) is 20.1 Å². The first-order valence-corrected chi connectivity index (χ1v) is 42.0. The van der Waals surface area contributed by atoms with Crippen molar-refractivity contribution in [2.24, 2.45) is 0 Å². The standard InChI is InChI=1S/C86H96Cl2N4O6S4/c1-9-15-21-27-29-37-45-95-75-71-77-83(79-63(85(97-77,41-33-23-17-11-3)42-34-24-18-12-4)49-55(99-79)47-61-69(67(53-89)91-7)57-39-31-32-40-58(57)73(61)93)101-81(71)76(96-46-38-30-28-22-16-10-2)72-78-84(102-82(72)75)80-64(86(98-78,43-35-25-19-13-5)44-36-26-20-14-6)50-56(100-80)48-62-70(68(54-90)92-8)59-51-65(87)66(88)52-60(59)74(62)94/h31-32,39-40,47-52H,9-30,33-38,41-46H2,1-6H3/b61-47-,62-48-,69-67?,70-68+. The Labute approximate surface area is 631 Å². The van der Waals surface area contributed by atoms with Crippen LogP contribution in [0.3, 0.4) is 0 Å². The van der Waals surface area contributed by atoms with Crippen LogP contribution in [0.5, 0.6) is 23.0 Å². The number of hydrogen-bond acceptors (Lipinski definition) is 12. The highest BCUT2D eigenvalue weighted by molar-refractivity contribution is 7.29. The van der Waals surface area contributed by atoms with Gasteiger partial charge in [-0.3, -0.25) is 9.59 Å². The van der Waals surface area contributed by atoms with E-state index >= 15 is 0 Å². The molecule has 0 fully saturated rings. The minimum absolute atomic E-state index is 0.105. The quantitative estimate of drug-likeness (QED) is 0.0162. The molecule has 0 radical (unpaired) electrons. The molecule has 0 unspecified atom stereocenters. The van der Waals surface area contributed by atoms with Gasteiger partial charge < -0.3 is 18.9 Å². The lowest BCUT2D eigenvalue weighted by atomic mass is 9.81. The lowest BCUT2D eigenvalue weighted by Gasteiger charge is -2.39. The summed E-state index contributed by atoms with van der Waals surface area (Å²) < 4.78 is 33.4. The fraction of sp³-hybridized carbons (Fsp3) is 0.488. The van der Waals surface area contributed by atoms with Gasteiger partial charge in [-0.2, -0.15) is 0 Å². The molecule has 16 heteroatoms. The van der Waals surface area contributed by atoms with Gasteiger partial charge in [-0.25, -0.2) is 20.2 Å². The molecule has 3 aromatic carbocycles. The summed E-state index contributed by atoms with van der Waals surface area (Å²) in [7, 11) is 0. The maximum absolute atomic E-state index is 14.9. The third-order valence-electron chi connectivity index (χ3n) is 20.8. The van der Waals surface area contributed by atoms with E-state index in [4.69, 9.17) is 55.3 Å². The molecule has 534 valence electrons. The first-order valence-electron chi connectivity index (χ1n) is 38.0. The second-order valence-corrected chi connectivity index (χ2v) is 33.1. The van der Waals surface area contributed by atoms with Gasteiger partial charge in [0.05, 0.1) is 88.2 Å². The number of carbonyl (C=O) groups is 2. The van der Waals surface area contributed by atoms with Gasteiger partial charge >= 0.3 is 0 Å². The molecule has 102 heavy (non-hydrogen) atoms. The number of halogens is 2. The van der Waals surface area contributed by atoms with Crippen LogP contribution in [0.1, 0.15) is 300 Å². The molecular formula is C86H96Cl2N4O6S4. The van der Waals surface area contributed by atoms with Gasteiger partial charge in [0.15, 0.2) is 23.1 Å². The van der Waals surface area contributed by atoms with Crippen molar-refractivity contribution in [3.8, 4) is 54.6 Å². The molecule has 0 N–H and O–H groups in total. The van der Waals surface area contributed by atoms with Gasteiger partial charge in [-0.05, 0) is 112 Å². The van der Waals surface area contributed by atoms with Crippen LogP contribution in [0.15, 0.2) is 71.1 Å². The van der Waals surface area contributed by atoms with E-state index in [0.717, 1.165) is 263 Å². The third kappa shape index (κ3) is 15.7. The van der Waals surface area contributed by atoms with E-state index in [1.165, 1.54) is 25.7 Å². The molecular weight excluding hydrogens is 1380 g/mol. The summed E-state index contributed by atoms with van der Waals surface area (Å²) in [6.45, 7) is 30.8. The van der Waals surface area contributed by atoms with Crippen LogP contribution in [0.25, 0.3) is 72.7 Å². The number of Topliss-reactive ketones (excluding diaryl/α,β-unsaturated/α-hetero) is 2. The van der Waals surface area contributed by atoms with Crippen molar-refractivity contribution in [1.82, 2.24) is 0 Å². The molecule has 4 aliphatic rings. The molecule has 11 rings (SSSR count). The topological polar surface area (TPSA) is 127 Å². The van der Waals surface area contributed by atoms with E-state index < -0.39 is 11.2 Å². The van der Waals surface area contributed by atoms with E-state index in [0.29, 0.717) is 46.6 Å². The molecule has 0 amide bonds. The zero-order chi connectivity index (χ0) is 71.9. The fourth-order valence-corrected chi connectivity index (χ4v) is 20.9. The van der Waals surface area contributed by atoms with Crippen molar-refractivity contribution in [3.63, 3.8) is 0 Å². The van der Waals surface area contributed by atoms with Crippen molar-refractivity contribution < 1.29 is 28.5 Å². The van der Waals surface area contributed by atoms with E-state index in [-0.39, 0.29) is 44.2 Å². The van der Waals surface area contributed by atoms with Crippen LogP contribution in [0.2, 0.25) is 10.0 Å². The number of allylic oxidation sites excluding steroid dienone is 6. The smallest absolute Gasteiger partial charge is 0.270 e. The number of fused-ring (bicyclic) bond motifs is 12. The molecule has 7 aromatic rings. The molecule has 0 atom stereocenters. The van der Waals surface area contributed by atoms with Gasteiger partial charge in [0.2, 0.25) is 0 Å². The highest BCUT2D eigenvalue weighted by Crippen LogP contribution is 2.67. The minimum atomic E-state index is -0.781. The average molecular weight is 1480 g/mol. The van der Waals surface area contributed by atoms with Crippen molar-refractivity contribution >= 4 is 124 Å². The summed E-state index contributed by atoms with van der Waals surface area (Å²) in [6, 6.07) is 19.2. The Hall–Kier alpha value is -6.98. The highest BCUT2D eigenvalue weighted by atomic mass is 35.5. The number of unbranched alkanes of at least 4 members (excludes halogenated alkanes) is 22. The zero-order valence-electron chi connectivity index (χ0n) is 60.4. The number of ketones is 2. The van der Waals surface area contributed by atoms with Crippen molar-refractivity contribution in [2.75, 3.05) is 13.2 Å². The molecule has 0 saturated carbocycles. The SMILES string of the molecule is [C-]#[N+]C(C#N)=C1/C(=C/c2cc3c(s2)-c2sc4c(OCCCCCCCC)c5c6c(sc5c(OCCCCCCCC)c4c2OC3(CCCCCC)CCCCCC)-c2sc(/C=C3\C(=O)c4cc(Cl)c(Cl)cc4\C3=C(\C#N)[N+]#[C-])cc2C(CCCCCC)(CCCCCC)O6)C(=O)c2ccccc21. The monoisotopic (exact) mass is 1480 g/mol. The Morgan fingerprint density at radius 2 is 0.824 bits per heavy atom. The maximum Gasteiger partial charge on any atom is 0.270 e. The van der Waals surface area contributed by atoms with Gasteiger partial charge in [0, 0.05) is 54.3 Å². The summed E-state index contributed by atoms with van der Waals surface area (Å²) >= 11 is 19.9. The predicted octanol–water partition coefficient (Wildman–Crippen LogP) is 28.3. The summed E-state index contributed by atoms with van der Waals surface area (Å²) in [6.07, 6.45) is 36.7. The summed E-state index contributed by atoms with van der Waals surface area (Å²) in [4.78, 5) is 42.7. The van der Waals surface area contributed by atoms with Gasteiger partial charge in [0.25, 0.3) is 11.4 Å². The van der Waals surface area contributed by atoms with Crippen LogP contribution in [-0.4, -0.2) is 24.8 Å². The Morgan fingerprint density at radius 3 is 1.22 bits per heavy atom. The number of carbonyl (C=O) groups excluding carboxylic acids is 2. The summed E-state index contributed by atoms with van der Waals surface area (Å²) in [5.74, 6) is 2.60. The number of nitrogens with zero attached hydrogens (tertiary/aromatic N) is 4. The predicted molar refractivity (Wildman–Crippen MR) is 427 cm³/mol. The molecule has 0 bridgehead atoms. The number of thiophene rings is 4. The lowest BCUT2D eigenvalue weighted by Crippen LogP contribution is -2.35. The van der Waals surface area contributed by atoms with Gasteiger partial charge in [0.1, 0.15) is 22.7 Å². The first-order chi connectivity index (χ1) is 49.8. The van der Waals surface area contributed by atoms with Crippen molar-refractivity contribution in [2.45, 2.75) is 258 Å². The molecule has 0 spiro atoms. The second kappa shape index (κ2) is 35.7. The maximum atomic E-state index is 14.9. The van der Waals surface area contributed by atoms with Crippen molar-refractivity contribution in [1.29, 1.82) is 10.5 Å². The van der Waals surface area contributed by atoms with Crippen LogP contribution in [0.4, 0.5) is 0 Å². The largest absolute Gasteiger partial charge is 0.491 e. The molecule has 2 aliphatic carbocycles. The Balaban J connectivity index is 1.20. The van der Waals surface area contributed by atoms with Crippen LogP contribution in [0, 0.1) is 35.8 Å². The van der Waals surface area contributed by atoms with Crippen LogP contribution < -0.4 is 18.9 Å². The van der Waals surface area contributed by atoms with E-state index in [2.05, 4.69) is 75.5 Å². The molecule has 0 saturated heterocycles. The van der Waals surface area contributed by atoms with Gasteiger partial charge in [-0.1, -0.05) is 230 Å². The van der Waals surface area contributed by atoms with Crippen molar-refractivity contribution in [3.05, 3.63) is 147 Å². The van der Waals surface area contributed by atoms with Crippen LogP contribution >= 0.6 is 68.5 Å². The lowest BCUT2D eigenvalue weighted by molar-refractivity contribution is 0.0408. The Morgan fingerprint density at radius 1 is 0.471 bits per heavy atom. The second-order valence-electron chi connectivity index (χ2n) is 28.1. The number of rotatable bonds is 38. The third-order valence-corrected chi connectivity index (χ3v) is 26.4. The Bertz CT molecular complexity index is 4490. The van der Waals surface area contributed by atoms with Gasteiger partial charge in [-0.15, -0.1) is 45.3 Å². The van der Waals surface area contributed by atoms with E-state index in [1.54, 1.807) is 63.5 Å². The normalized spacial score (nSPS) is 16.2. The fourth-order valence-electron chi connectivity index (χ4n) is 15.5. The number of nitriles is 2. The molecule has 6 heterocycles. The highest BCUT2D eigenvalue weighted by Gasteiger charge is 2.48. The molecule has 4 aromatic heterocycles. The number of benzene rings is 3. The Kier molecular flexibility index (Phi) is 26.6. The first kappa shape index (κ1) is 76.2. The minimum Gasteiger partial charge on any atom is -0.491 e. The summed E-state index contributed by atoms with van der Waals surface area (Å²) in [5.41, 5.74) is 3.41. The molecule has 10 nitrogen and oxygen atoms in total. The zero-order valence-corrected chi connectivity index (χ0v) is 65.2. The summed E-state index contributed by atoms with van der Waals surface area (Å²) in [5, 5.41) is 23.2. The van der Waals surface area contributed by atoms with E-state index in [1.807, 2.05) is 30.4 Å².